The average Bonchev–Trinajstić information content (AvgIpc) is 3.04. The van der Waals surface area contributed by atoms with Gasteiger partial charge in [-0.3, -0.25) is 4.79 Å². The third kappa shape index (κ3) is 3.67. The molecule has 140 valence electrons. The van der Waals surface area contributed by atoms with Crippen LogP contribution in [0.25, 0.3) is 10.2 Å². The van der Waals surface area contributed by atoms with Gasteiger partial charge >= 0.3 is 0 Å². The largest absolute Gasteiger partial charge is 0.360 e. The Bertz CT molecular complexity index is 981. The summed E-state index contributed by atoms with van der Waals surface area (Å²) in [4.78, 5) is 23.8. The molecule has 0 spiro atoms. The summed E-state index contributed by atoms with van der Waals surface area (Å²) in [6, 6.07) is 7.91. The standard InChI is InChI=1S/C21H24N4OS/c1-3-14-6-4-5-7-16(14)25-18(26)11-22-20-19-15-9-8-13(2)10-17(15)27-21(19)24-12-23-20/h4-7,12-13H,3,8-11H2,1-2H3,(H,25,26)(H,22,23,24)/t13-/m1/s1. The van der Waals surface area contributed by atoms with Crippen molar-refractivity contribution in [2.45, 2.75) is 39.5 Å². The zero-order valence-corrected chi connectivity index (χ0v) is 16.5. The van der Waals surface area contributed by atoms with Crippen LogP contribution in [0.5, 0.6) is 0 Å². The van der Waals surface area contributed by atoms with Crippen LogP contribution in [0.4, 0.5) is 11.5 Å². The molecular weight excluding hydrogens is 356 g/mol. The van der Waals surface area contributed by atoms with E-state index < -0.39 is 0 Å². The number of nitrogens with zero attached hydrogens (tertiary/aromatic N) is 2. The molecule has 1 aromatic carbocycles. The molecule has 0 saturated heterocycles. The van der Waals surface area contributed by atoms with Gasteiger partial charge in [-0.25, -0.2) is 9.97 Å². The normalized spacial score (nSPS) is 16.1. The van der Waals surface area contributed by atoms with E-state index in [1.54, 1.807) is 17.7 Å². The molecule has 2 heterocycles. The van der Waals surface area contributed by atoms with Crippen molar-refractivity contribution in [3.05, 3.63) is 46.6 Å². The van der Waals surface area contributed by atoms with Gasteiger partial charge in [0.05, 0.1) is 11.9 Å². The lowest BCUT2D eigenvalue weighted by atomic mass is 9.89. The maximum atomic E-state index is 12.4. The highest BCUT2D eigenvalue weighted by molar-refractivity contribution is 7.19. The van der Waals surface area contributed by atoms with Crippen molar-refractivity contribution in [2.75, 3.05) is 17.2 Å². The summed E-state index contributed by atoms with van der Waals surface area (Å²) in [7, 11) is 0. The predicted molar refractivity (Wildman–Crippen MR) is 112 cm³/mol. The summed E-state index contributed by atoms with van der Waals surface area (Å²) in [5.74, 6) is 1.42. The molecule has 6 heteroatoms. The number of hydrogen-bond acceptors (Lipinski definition) is 5. The van der Waals surface area contributed by atoms with Crippen LogP contribution in [0.15, 0.2) is 30.6 Å². The topological polar surface area (TPSA) is 66.9 Å². The average molecular weight is 381 g/mol. The van der Waals surface area contributed by atoms with Gasteiger partial charge in [0.15, 0.2) is 0 Å². The van der Waals surface area contributed by atoms with Crippen molar-refractivity contribution in [1.29, 1.82) is 0 Å². The van der Waals surface area contributed by atoms with E-state index in [9.17, 15) is 4.79 Å². The van der Waals surface area contributed by atoms with E-state index in [1.807, 2.05) is 24.3 Å². The number of aryl methyl sites for hydroxylation is 2. The number of para-hydroxylation sites is 1. The van der Waals surface area contributed by atoms with Crippen LogP contribution in [0.3, 0.4) is 0 Å². The smallest absolute Gasteiger partial charge is 0.243 e. The van der Waals surface area contributed by atoms with Crippen LogP contribution in [0.2, 0.25) is 0 Å². The van der Waals surface area contributed by atoms with Gasteiger partial charge in [-0.05, 0) is 48.8 Å². The number of nitrogens with one attached hydrogen (secondary N) is 2. The molecule has 5 nitrogen and oxygen atoms in total. The number of carbonyl (C=O) groups excluding carboxylic acids is 1. The monoisotopic (exact) mass is 380 g/mol. The van der Waals surface area contributed by atoms with Gasteiger partial charge in [0.25, 0.3) is 0 Å². The van der Waals surface area contributed by atoms with Gasteiger partial charge in [0.1, 0.15) is 17.0 Å². The third-order valence-corrected chi connectivity index (χ3v) is 6.34. The highest BCUT2D eigenvalue weighted by Gasteiger charge is 2.23. The molecule has 3 aromatic rings. The molecule has 4 rings (SSSR count). The molecule has 1 aliphatic rings. The number of anilines is 2. The van der Waals surface area contributed by atoms with Crippen molar-refractivity contribution >= 4 is 39.0 Å². The van der Waals surface area contributed by atoms with Crippen LogP contribution in [-0.4, -0.2) is 22.4 Å². The minimum atomic E-state index is -0.0691. The number of hydrogen-bond donors (Lipinski definition) is 2. The van der Waals surface area contributed by atoms with E-state index in [0.717, 1.165) is 52.5 Å². The number of aromatic nitrogens is 2. The van der Waals surface area contributed by atoms with Gasteiger partial charge < -0.3 is 10.6 Å². The molecule has 0 fully saturated rings. The first kappa shape index (κ1) is 17.9. The minimum absolute atomic E-state index is 0.0691. The zero-order chi connectivity index (χ0) is 18.8. The van der Waals surface area contributed by atoms with Crippen LogP contribution in [-0.2, 0) is 24.1 Å². The van der Waals surface area contributed by atoms with Crippen molar-refractivity contribution in [2.24, 2.45) is 5.92 Å². The lowest BCUT2D eigenvalue weighted by Crippen LogP contribution is -2.23. The number of benzene rings is 1. The molecule has 1 aliphatic carbocycles. The SMILES string of the molecule is CCc1ccccc1NC(=O)CNc1ncnc2sc3c(c12)CC[C@@H](C)C3. The van der Waals surface area contributed by atoms with Crippen molar-refractivity contribution in [3.8, 4) is 0 Å². The molecule has 0 radical (unpaired) electrons. The van der Waals surface area contributed by atoms with E-state index in [2.05, 4.69) is 34.4 Å². The molecule has 0 saturated carbocycles. The molecule has 0 aliphatic heterocycles. The molecular formula is C21H24N4OS. The molecule has 27 heavy (non-hydrogen) atoms. The van der Waals surface area contributed by atoms with E-state index in [1.165, 1.54) is 16.9 Å². The van der Waals surface area contributed by atoms with Gasteiger partial charge in [0, 0.05) is 10.6 Å². The molecule has 2 aromatic heterocycles. The van der Waals surface area contributed by atoms with E-state index in [0.29, 0.717) is 0 Å². The lowest BCUT2D eigenvalue weighted by Gasteiger charge is -2.18. The number of fused-ring (bicyclic) bond motifs is 3. The first-order valence-electron chi connectivity index (χ1n) is 9.52. The summed E-state index contributed by atoms with van der Waals surface area (Å²) in [5.41, 5.74) is 3.38. The van der Waals surface area contributed by atoms with Gasteiger partial charge in [-0.2, -0.15) is 0 Å². The number of thiophene rings is 1. The van der Waals surface area contributed by atoms with Crippen molar-refractivity contribution in [1.82, 2.24) is 9.97 Å². The van der Waals surface area contributed by atoms with Crippen LogP contribution in [0.1, 0.15) is 36.3 Å². The molecule has 1 amide bonds. The molecule has 1 atom stereocenters. The number of amides is 1. The predicted octanol–water partition coefficient (Wildman–Crippen LogP) is 4.43. The maximum Gasteiger partial charge on any atom is 0.243 e. The van der Waals surface area contributed by atoms with Crippen LogP contribution < -0.4 is 10.6 Å². The highest BCUT2D eigenvalue weighted by Crippen LogP contribution is 2.39. The second-order valence-corrected chi connectivity index (χ2v) is 8.25. The maximum absolute atomic E-state index is 12.4. The highest BCUT2D eigenvalue weighted by atomic mass is 32.1. The van der Waals surface area contributed by atoms with E-state index in [4.69, 9.17) is 0 Å². The Morgan fingerprint density at radius 1 is 1.30 bits per heavy atom. The summed E-state index contributed by atoms with van der Waals surface area (Å²) in [6.07, 6.45) is 5.84. The summed E-state index contributed by atoms with van der Waals surface area (Å²) in [6.45, 7) is 4.57. The lowest BCUT2D eigenvalue weighted by molar-refractivity contribution is -0.114. The zero-order valence-electron chi connectivity index (χ0n) is 15.7. The Morgan fingerprint density at radius 3 is 3.00 bits per heavy atom. The van der Waals surface area contributed by atoms with Gasteiger partial charge in [0.2, 0.25) is 5.91 Å². The summed E-state index contributed by atoms with van der Waals surface area (Å²) < 4.78 is 0. The number of carbonyl (C=O) groups is 1. The minimum Gasteiger partial charge on any atom is -0.360 e. The van der Waals surface area contributed by atoms with Crippen LogP contribution >= 0.6 is 11.3 Å². The Kier molecular flexibility index (Phi) is 5.07. The third-order valence-electron chi connectivity index (χ3n) is 5.18. The van der Waals surface area contributed by atoms with E-state index >= 15 is 0 Å². The second-order valence-electron chi connectivity index (χ2n) is 7.17. The fourth-order valence-corrected chi connectivity index (χ4v) is 5.07. The Hall–Kier alpha value is -2.47. The Labute approximate surface area is 163 Å². The Balaban J connectivity index is 1.51. The van der Waals surface area contributed by atoms with Crippen molar-refractivity contribution in [3.63, 3.8) is 0 Å². The summed E-state index contributed by atoms with van der Waals surface area (Å²) >= 11 is 1.77. The van der Waals surface area contributed by atoms with Gasteiger partial charge in [-0.15, -0.1) is 11.3 Å². The van der Waals surface area contributed by atoms with Crippen LogP contribution in [0, 0.1) is 5.92 Å². The molecule has 2 N–H and O–H groups in total. The second kappa shape index (κ2) is 7.64. The molecule has 0 unspecified atom stereocenters. The first-order chi connectivity index (χ1) is 13.2. The van der Waals surface area contributed by atoms with Crippen molar-refractivity contribution < 1.29 is 4.79 Å². The molecule has 0 bridgehead atoms. The fraction of sp³-hybridized carbons (Fsp3) is 0.381. The summed E-state index contributed by atoms with van der Waals surface area (Å²) in [5, 5.41) is 7.34. The quantitative estimate of drug-likeness (QED) is 0.687. The number of rotatable bonds is 5. The van der Waals surface area contributed by atoms with Gasteiger partial charge in [-0.1, -0.05) is 32.0 Å². The Morgan fingerprint density at radius 2 is 2.15 bits per heavy atom. The van der Waals surface area contributed by atoms with E-state index in [-0.39, 0.29) is 12.5 Å². The fourth-order valence-electron chi connectivity index (χ4n) is 3.72. The first-order valence-corrected chi connectivity index (χ1v) is 10.3.